The van der Waals surface area contributed by atoms with Gasteiger partial charge in [0.05, 0.1) is 10.6 Å². The smallest absolute Gasteiger partial charge is 0.338 e. The molecule has 0 bridgehead atoms. The lowest BCUT2D eigenvalue weighted by atomic mass is 10.1. The Morgan fingerprint density at radius 3 is 2.50 bits per heavy atom. The number of carboxylic acid groups (broad SMARTS) is 1. The number of anilines is 1. The van der Waals surface area contributed by atoms with E-state index in [2.05, 4.69) is 11.6 Å². The summed E-state index contributed by atoms with van der Waals surface area (Å²) in [5, 5.41) is 9.11. The highest BCUT2D eigenvalue weighted by molar-refractivity contribution is 6.35. The topological polar surface area (TPSA) is 53.4 Å². The zero-order chi connectivity index (χ0) is 12.5. The Bertz CT molecular complexity index is 456. The Morgan fingerprint density at radius 1 is 1.56 bits per heavy atom. The van der Waals surface area contributed by atoms with Crippen LogP contribution in [0, 0.1) is 0 Å². The van der Waals surface area contributed by atoms with E-state index in [0.717, 1.165) is 0 Å². The summed E-state index contributed by atoms with van der Waals surface area (Å²) in [7, 11) is 3.62. The van der Waals surface area contributed by atoms with Crippen molar-refractivity contribution in [2.24, 2.45) is 0 Å². The van der Waals surface area contributed by atoms with Crippen molar-refractivity contribution in [3.63, 3.8) is 0 Å². The first-order chi connectivity index (χ1) is 7.36. The number of halogens is 1. The van der Waals surface area contributed by atoms with Crippen molar-refractivity contribution < 1.29 is 9.90 Å². The lowest BCUT2D eigenvalue weighted by molar-refractivity contribution is 0.0696. The van der Waals surface area contributed by atoms with Crippen LogP contribution in [0.2, 0.25) is 5.02 Å². The first kappa shape index (κ1) is 12.5. The SMILES string of the molecule is C=C(C)c1c(N(C)C)ncc(C(=O)O)c1Cl. The monoisotopic (exact) mass is 240 g/mol. The third-order valence-electron chi connectivity index (χ3n) is 2.08. The van der Waals surface area contributed by atoms with Crippen LogP contribution in [0.25, 0.3) is 5.57 Å². The van der Waals surface area contributed by atoms with Gasteiger partial charge < -0.3 is 10.0 Å². The molecule has 0 spiro atoms. The van der Waals surface area contributed by atoms with Gasteiger partial charge in [0, 0.05) is 25.9 Å². The summed E-state index contributed by atoms with van der Waals surface area (Å²) in [6.45, 7) is 5.55. The van der Waals surface area contributed by atoms with Crippen molar-refractivity contribution in [2.45, 2.75) is 6.92 Å². The molecular formula is C11H13ClN2O2. The highest BCUT2D eigenvalue weighted by Crippen LogP contribution is 2.32. The van der Waals surface area contributed by atoms with Crippen LogP contribution in [0.4, 0.5) is 5.82 Å². The molecule has 0 aliphatic heterocycles. The number of carbonyl (C=O) groups is 1. The number of aromatic carboxylic acids is 1. The van der Waals surface area contributed by atoms with Crippen LogP contribution in [-0.4, -0.2) is 30.2 Å². The second kappa shape index (κ2) is 4.53. The quantitative estimate of drug-likeness (QED) is 0.882. The van der Waals surface area contributed by atoms with Crippen LogP contribution in [0.15, 0.2) is 12.8 Å². The molecule has 86 valence electrons. The standard InChI is InChI=1S/C11H13ClN2O2/c1-6(2)8-9(12)7(11(15)16)5-13-10(8)14(3)4/h5H,1H2,2-4H3,(H,15,16). The third kappa shape index (κ3) is 2.17. The molecule has 1 rings (SSSR count). The van der Waals surface area contributed by atoms with Crippen LogP contribution in [-0.2, 0) is 0 Å². The van der Waals surface area contributed by atoms with Gasteiger partial charge in [-0.1, -0.05) is 18.2 Å². The van der Waals surface area contributed by atoms with Crippen LogP contribution in [0.3, 0.4) is 0 Å². The van der Waals surface area contributed by atoms with Crippen molar-refractivity contribution in [1.82, 2.24) is 4.98 Å². The fourth-order valence-corrected chi connectivity index (χ4v) is 1.72. The van der Waals surface area contributed by atoms with Crippen molar-refractivity contribution in [3.8, 4) is 0 Å². The molecule has 0 saturated carbocycles. The molecule has 0 aromatic carbocycles. The van der Waals surface area contributed by atoms with Gasteiger partial charge in [0.15, 0.2) is 0 Å². The lowest BCUT2D eigenvalue weighted by Crippen LogP contribution is -2.14. The van der Waals surface area contributed by atoms with Gasteiger partial charge in [0.2, 0.25) is 0 Å². The van der Waals surface area contributed by atoms with E-state index < -0.39 is 5.97 Å². The van der Waals surface area contributed by atoms with E-state index in [0.29, 0.717) is 17.0 Å². The second-order valence-corrected chi connectivity index (χ2v) is 4.04. The molecule has 0 saturated heterocycles. The maximum Gasteiger partial charge on any atom is 0.338 e. The molecule has 1 N–H and O–H groups in total. The summed E-state index contributed by atoms with van der Waals surface area (Å²) in [6, 6.07) is 0. The van der Waals surface area contributed by atoms with E-state index in [1.807, 2.05) is 14.1 Å². The number of hydrogen-bond donors (Lipinski definition) is 1. The van der Waals surface area contributed by atoms with Gasteiger partial charge in [-0.05, 0) is 12.5 Å². The van der Waals surface area contributed by atoms with E-state index in [4.69, 9.17) is 16.7 Å². The summed E-state index contributed by atoms with van der Waals surface area (Å²) in [5.74, 6) is -0.479. The summed E-state index contributed by atoms with van der Waals surface area (Å²) < 4.78 is 0. The van der Waals surface area contributed by atoms with Crippen molar-refractivity contribution in [1.29, 1.82) is 0 Å². The first-order valence-electron chi connectivity index (χ1n) is 4.61. The molecule has 16 heavy (non-hydrogen) atoms. The van der Waals surface area contributed by atoms with E-state index >= 15 is 0 Å². The Morgan fingerprint density at radius 2 is 2.12 bits per heavy atom. The third-order valence-corrected chi connectivity index (χ3v) is 2.47. The predicted molar refractivity (Wildman–Crippen MR) is 65.2 cm³/mol. The highest BCUT2D eigenvalue weighted by atomic mass is 35.5. The van der Waals surface area contributed by atoms with E-state index in [9.17, 15) is 4.79 Å². The second-order valence-electron chi connectivity index (χ2n) is 3.66. The average molecular weight is 241 g/mol. The van der Waals surface area contributed by atoms with Gasteiger partial charge in [-0.2, -0.15) is 0 Å². The van der Waals surface area contributed by atoms with Crippen molar-refractivity contribution >= 4 is 29.0 Å². The molecule has 0 atom stereocenters. The molecular weight excluding hydrogens is 228 g/mol. The minimum Gasteiger partial charge on any atom is -0.478 e. The molecule has 0 radical (unpaired) electrons. The number of rotatable bonds is 3. The van der Waals surface area contributed by atoms with Crippen LogP contribution < -0.4 is 4.90 Å². The number of pyridine rings is 1. The molecule has 4 nitrogen and oxygen atoms in total. The van der Waals surface area contributed by atoms with E-state index in [1.54, 1.807) is 11.8 Å². The molecule has 1 aromatic heterocycles. The normalized spacial score (nSPS) is 10.0. The predicted octanol–water partition coefficient (Wildman–Crippen LogP) is 2.53. The molecule has 0 fully saturated rings. The van der Waals surface area contributed by atoms with Crippen LogP contribution in [0.5, 0.6) is 0 Å². The minimum absolute atomic E-state index is 0.00901. The summed E-state index contributed by atoms with van der Waals surface area (Å²) in [6.07, 6.45) is 1.26. The average Bonchev–Trinajstić information content (AvgIpc) is 2.15. The van der Waals surface area contributed by atoms with Gasteiger partial charge in [0.1, 0.15) is 5.82 Å². The van der Waals surface area contributed by atoms with Gasteiger partial charge in [-0.25, -0.2) is 9.78 Å². The van der Waals surface area contributed by atoms with Gasteiger partial charge in [-0.15, -0.1) is 0 Å². The molecule has 0 amide bonds. The van der Waals surface area contributed by atoms with Crippen molar-refractivity contribution in [3.05, 3.63) is 28.9 Å². The molecule has 5 heteroatoms. The molecule has 0 aliphatic carbocycles. The molecule has 1 aromatic rings. The Hall–Kier alpha value is -1.55. The van der Waals surface area contributed by atoms with Crippen LogP contribution in [0.1, 0.15) is 22.8 Å². The largest absolute Gasteiger partial charge is 0.478 e. The lowest BCUT2D eigenvalue weighted by Gasteiger charge is -2.18. The Kier molecular flexibility index (Phi) is 3.55. The zero-order valence-corrected chi connectivity index (χ0v) is 10.2. The molecule has 0 aliphatic rings. The fourth-order valence-electron chi connectivity index (χ4n) is 1.35. The number of hydrogen-bond acceptors (Lipinski definition) is 3. The number of allylic oxidation sites excluding steroid dienone is 1. The van der Waals surface area contributed by atoms with Crippen molar-refractivity contribution in [2.75, 3.05) is 19.0 Å². The van der Waals surface area contributed by atoms with E-state index in [-0.39, 0.29) is 10.6 Å². The first-order valence-corrected chi connectivity index (χ1v) is 4.99. The Labute approximate surface area is 99.2 Å². The molecule has 1 heterocycles. The maximum atomic E-state index is 10.9. The minimum atomic E-state index is -1.09. The maximum absolute atomic E-state index is 10.9. The number of aromatic nitrogens is 1. The van der Waals surface area contributed by atoms with Gasteiger partial charge in [0.25, 0.3) is 0 Å². The fraction of sp³-hybridized carbons (Fsp3) is 0.273. The summed E-state index contributed by atoms with van der Waals surface area (Å²) in [4.78, 5) is 16.8. The van der Waals surface area contributed by atoms with Gasteiger partial charge >= 0.3 is 5.97 Å². The zero-order valence-electron chi connectivity index (χ0n) is 9.41. The summed E-state index contributed by atoms with van der Waals surface area (Å²) >= 11 is 6.04. The van der Waals surface area contributed by atoms with Crippen LogP contribution >= 0.6 is 11.6 Å². The number of nitrogens with zero attached hydrogens (tertiary/aromatic N) is 2. The van der Waals surface area contributed by atoms with E-state index in [1.165, 1.54) is 6.20 Å². The summed E-state index contributed by atoms with van der Waals surface area (Å²) in [5.41, 5.74) is 1.25. The highest BCUT2D eigenvalue weighted by Gasteiger charge is 2.18. The molecule has 0 unspecified atom stereocenters. The Balaban J connectivity index is 3.54. The van der Waals surface area contributed by atoms with Gasteiger partial charge in [-0.3, -0.25) is 0 Å². The number of carboxylic acids is 1.